The minimum atomic E-state index is -0.230. The van der Waals surface area contributed by atoms with E-state index in [1.54, 1.807) is 0 Å². The van der Waals surface area contributed by atoms with E-state index in [1.165, 1.54) is 19.3 Å². The Hall–Kier alpha value is -1.04. The van der Waals surface area contributed by atoms with E-state index in [4.69, 9.17) is 0 Å². The summed E-state index contributed by atoms with van der Waals surface area (Å²) in [5.41, 5.74) is 1.93. The van der Waals surface area contributed by atoms with E-state index in [9.17, 15) is 5.11 Å². The number of aliphatic hydroxyl groups is 1. The van der Waals surface area contributed by atoms with Crippen LogP contribution in [0.4, 0.5) is 0 Å². The van der Waals surface area contributed by atoms with Crippen LogP contribution < -0.4 is 0 Å². The normalized spacial score (nSPS) is 28.9. The summed E-state index contributed by atoms with van der Waals surface area (Å²) >= 11 is 0. The van der Waals surface area contributed by atoms with Gasteiger partial charge < -0.3 is 5.11 Å². The fourth-order valence-electron chi connectivity index (χ4n) is 3.31. The Kier molecular flexibility index (Phi) is 4.29. The molecular weight excluding hydrogens is 252 g/mol. The lowest BCUT2D eigenvalue weighted by Gasteiger charge is -2.33. The molecule has 0 aromatic carbocycles. The second-order valence-corrected chi connectivity index (χ2v) is 6.07. The highest BCUT2D eigenvalue weighted by Crippen LogP contribution is 2.21. The van der Waals surface area contributed by atoms with Crippen LogP contribution in [0.2, 0.25) is 0 Å². The number of hydrogen-bond acceptors (Lipinski definition) is 5. The maximum Gasteiger partial charge on any atom is 0.0834 e. The van der Waals surface area contributed by atoms with Gasteiger partial charge in [-0.05, 0) is 32.9 Å². The van der Waals surface area contributed by atoms with Gasteiger partial charge in [-0.15, -0.1) is 0 Å². The monoisotopic (exact) mass is 276 g/mol. The molecule has 110 valence electrons. The van der Waals surface area contributed by atoms with Crippen molar-refractivity contribution in [3.63, 3.8) is 0 Å². The largest absolute Gasteiger partial charge is 0.390 e. The van der Waals surface area contributed by atoms with E-state index in [1.807, 2.05) is 19.3 Å². The number of rotatable bonds is 3. The van der Waals surface area contributed by atoms with Crippen LogP contribution in [0.3, 0.4) is 0 Å². The van der Waals surface area contributed by atoms with Crippen molar-refractivity contribution < 1.29 is 5.11 Å². The van der Waals surface area contributed by atoms with Gasteiger partial charge in [-0.1, -0.05) is 6.42 Å². The van der Waals surface area contributed by atoms with Crippen molar-refractivity contribution in [1.29, 1.82) is 0 Å². The summed E-state index contributed by atoms with van der Waals surface area (Å²) in [6, 6.07) is 0.300. The predicted molar refractivity (Wildman–Crippen MR) is 77.3 cm³/mol. The fourth-order valence-corrected chi connectivity index (χ4v) is 3.31. The third-order valence-corrected chi connectivity index (χ3v) is 4.41. The van der Waals surface area contributed by atoms with Crippen molar-refractivity contribution in [2.75, 3.05) is 26.2 Å². The highest BCUT2D eigenvalue weighted by atomic mass is 16.3. The first-order valence-electron chi connectivity index (χ1n) is 7.64. The van der Waals surface area contributed by atoms with Gasteiger partial charge in [-0.3, -0.25) is 19.8 Å². The molecule has 2 aliphatic rings. The minimum absolute atomic E-state index is 0.230. The molecule has 2 saturated heterocycles. The molecule has 0 radical (unpaired) electrons. The van der Waals surface area contributed by atoms with Crippen LogP contribution in [0, 0.1) is 6.92 Å². The summed E-state index contributed by atoms with van der Waals surface area (Å²) in [5, 5.41) is 10.3. The van der Waals surface area contributed by atoms with Crippen LogP contribution >= 0.6 is 0 Å². The summed E-state index contributed by atoms with van der Waals surface area (Å²) in [5.74, 6) is 0. The molecule has 2 atom stereocenters. The number of hydrogen-bond donors (Lipinski definition) is 1. The van der Waals surface area contributed by atoms with Crippen LogP contribution in [0.15, 0.2) is 12.4 Å². The molecule has 2 fully saturated rings. The quantitative estimate of drug-likeness (QED) is 0.885. The molecule has 0 spiro atoms. The number of piperidine rings is 1. The minimum Gasteiger partial charge on any atom is -0.390 e. The summed E-state index contributed by atoms with van der Waals surface area (Å²) < 4.78 is 0. The van der Waals surface area contributed by atoms with Crippen LogP contribution in [0.1, 0.15) is 30.7 Å². The first-order valence-corrected chi connectivity index (χ1v) is 7.64. The maximum absolute atomic E-state index is 10.3. The van der Waals surface area contributed by atoms with Crippen molar-refractivity contribution in [2.45, 2.75) is 44.9 Å². The van der Waals surface area contributed by atoms with Gasteiger partial charge in [-0.2, -0.15) is 0 Å². The first-order chi connectivity index (χ1) is 9.72. The van der Waals surface area contributed by atoms with Crippen molar-refractivity contribution >= 4 is 0 Å². The number of aryl methyl sites for hydroxylation is 1. The molecule has 0 amide bonds. The lowest BCUT2D eigenvalue weighted by molar-refractivity contribution is 0.0706. The zero-order valence-electron chi connectivity index (χ0n) is 12.2. The van der Waals surface area contributed by atoms with Gasteiger partial charge in [0, 0.05) is 38.1 Å². The van der Waals surface area contributed by atoms with Crippen molar-refractivity contribution in [3.05, 3.63) is 23.8 Å². The summed E-state index contributed by atoms with van der Waals surface area (Å²) in [6.07, 6.45) is 7.30. The van der Waals surface area contributed by atoms with Crippen LogP contribution in [0.5, 0.6) is 0 Å². The molecule has 1 aromatic heterocycles. The Labute approximate surface area is 120 Å². The first kappa shape index (κ1) is 13.9. The molecule has 20 heavy (non-hydrogen) atoms. The van der Waals surface area contributed by atoms with Crippen LogP contribution in [-0.2, 0) is 6.54 Å². The SMILES string of the molecule is Cc1cnc(CN2C[C@H](O)[C@@H](N3CCCCC3)C2)cn1. The molecule has 3 heterocycles. The second kappa shape index (κ2) is 6.16. The molecule has 5 nitrogen and oxygen atoms in total. The Morgan fingerprint density at radius 1 is 1.15 bits per heavy atom. The molecule has 1 N–H and O–H groups in total. The van der Waals surface area contributed by atoms with Gasteiger partial charge in [0.15, 0.2) is 0 Å². The Morgan fingerprint density at radius 2 is 1.95 bits per heavy atom. The summed E-state index contributed by atoms with van der Waals surface area (Å²) in [6.45, 7) is 6.70. The van der Waals surface area contributed by atoms with Gasteiger partial charge in [0.2, 0.25) is 0 Å². The van der Waals surface area contributed by atoms with Gasteiger partial charge in [0.1, 0.15) is 0 Å². The van der Waals surface area contributed by atoms with Crippen LogP contribution in [0.25, 0.3) is 0 Å². The van der Waals surface area contributed by atoms with E-state index in [-0.39, 0.29) is 6.10 Å². The van der Waals surface area contributed by atoms with Gasteiger partial charge >= 0.3 is 0 Å². The maximum atomic E-state index is 10.3. The number of aromatic nitrogens is 2. The topological polar surface area (TPSA) is 52.5 Å². The number of nitrogens with zero attached hydrogens (tertiary/aromatic N) is 4. The zero-order valence-corrected chi connectivity index (χ0v) is 12.2. The number of aliphatic hydroxyl groups excluding tert-OH is 1. The van der Waals surface area contributed by atoms with E-state index in [2.05, 4.69) is 19.8 Å². The molecule has 1 aromatic rings. The molecule has 5 heteroatoms. The molecule has 0 aliphatic carbocycles. The molecule has 0 unspecified atom stereocenters. The van der Waals surface area contributed by atoms with Gasteiger partial charge in [-0.25, -0.2) is 0 Å². The Balaban J connectivity index is 1.58. The lowest BCUT2D eigenvalue weighted by Crippen LogP contribution is -2.45. The molecule has 0 saturated carbocycles. The molecule has 0 bridgehead atoms. The second-order valence-electron chi connectivity index (χ2n) is 6.07. The molecule has 2 aliphatic heterocycles. The highest BCUT2D eigenvalue weighted by Gasteiger charge is 2.35. The standard InChI is InChI=1S/C15H24N4O/c1-12-7-17-13(8-16-12)9-18-10-14(15(20)11-18)19-5-3-2-4-6-19/h7-8,14-15,20H,2-6,9-11H2,1H3/t14-,15-/m0/s1. The van der Waals surface area contributed by atoms with Crippen LogP contribution in [-0.4, -0.2) is 63.2 Å². The van der Waals surface area contributed by atoms with Gasteiger partial charge in [0.25, 0.3) is 0 Å². The zero-order chi connectivity index (χ0) is 13.9. The number of likely N-dealkylation sites (tertiary alicyclic amines) is 2. The van der Waals surface area contributed by atoms with Crippen molar-refractivity contribution in [2.24, 2.45) is 0 Å². The van der Waals surface area contributed by atoms with E-state index in [0.717, 1.165) is 44.1 Å². The lowest BCUT2D eigenvalue weighted by atomic mass is 10.1. The molecule has 3 rings (SSSR count). The number of β-amino-alcohol motifs (C(OH)–C–C–N with tert-alkyl or cyclic N) is 1. The summed E-state index contributed by atoms with van der Waals surface area (Å²) in [4.78, 5) is 13.5. The average Bonchev–Trinajstić information content (AvgIpc) is 2.83. The van der Waals surface area contributed by atoms with E-state index in [0.29, 0.717) is 6.04 Å². The Bertz CT molecular complexity index is 430. The van der Waals surface area contributed by atoms with E-state index >= 15 is 0 Å². The average molecular weight is 276 g/mol. The summed E-state index contributed by atoms with van der Waals surface area (Å²) in [7, 11) is 0. The third kappa shape index (κ3) is 3.16. The predicted octanol–water partition coefficient (Wildman–Crippen LogP) is 0.816. The highest BCUT2D eigenvalue weighted by molar-refractivity contribution is 5.02. The molecular formula is C15H24N4O. The van der Waals surface area contributed by atoms with Crippen molar-refractivity contribution in [1.82, 2.24) is 19.8 Å². The third-order valence-electron chi connectivity index (χ3n) is 4.41. The smallest absolute Gasteiger partial charge is 0.0834 e. The Morgan fingerprint density at radius 3 is 2.65 bits per heavy atom. The van der Waals surface area contributed by atoms with E-state index < -0.39 is 0 Å². The van der Waals surface area contributed by atoms with Gasteiger partial charge in [0.05, 0.1) is 17.5 Å². The fraction of sp³-hybridized carbons (Fsp3) is 0.733. The van der Waals surface area contributed by atoms with Crippen molar-refractivity contribution in [3.8, 4) is 0 Å².